The molecule has 1 N–H and O–H groups in total. The summed E-state index contributed by atoms with van der Waals surface area (Å²) in [5, 5.41) is 3.47. The molecule has 1 aliphatic carbocycles. The van der Waals surface area contributed by atoms with Crippen LogP contribution < -0.4 is 10.1 Å². The number of hydrogen-bond acceptors (Lipinski definition) is 5. The van der Waals surface area contributed by atoms with Gasteiger partial charge in [-0.05, 0) is 43.0 Å². The molecule has 6 nitrogen and oxygen atoms in total. The van der Waals surface area contributed by atoms with Crippen molar-refractivity contribution in [1.29, 1.82) is 0 Å². The van der Waals surface area contributed by atoms with Crippen LogP contribution in [0.1, 0.15) is 28.0 Å². The Labute approximate surface area is 168 Å². The van der Waals surface area contributed by atoms with Crippen LogP contribution in [0.25, 0.3) is 10.9 Å². The summed E-state index contributed by atoms with van der Waals surface area (Å²) in [6.45, 7) is 0.348. The lowest BCUT2D eigenvalue weighted by atomic mass is 10.0. The predicted octanol–water partition coefficient (Wildman–Crippen LogP) is 3.08. The molecular formula is C23H22N2O4. The maximum atomic E-state index is 12.8. The van der Waals surface area contributed by atoms with Crippen LogP contribution in [0, 0.1) is 0 Å². The normalized spacial score (nSPS) is 12.4. The van der Waals surface area contributed by atoms with Gasteiger partial charge in [-0.1, -0.05) is 36.4 Å². The average Bonchev–Trinajstić information content (AvgIpc) is 3.22. The molecule has 1 aromatic heterocycles. The minimum absolute atomic E-state index is 0.324. The van der Waals surface area contributed by atoms with Gasteiger partial charge < -0.3 is 14.8 Å². The number of nitrogens with one attached hydrogen (secondary N) is 1. The number of hydrogen-bond donors (Lipinski definition) is 1. The Hall–Kier alpha value is -3.41. The fourth-order valence-corrected chi connectivity index (χ4v) is 3.57. The van der Waals surface area contributed by atoms with Crippen molar-refractivity contribution < 1.29 is 19.1 Å². The molecule has 0 atom stereocenters. The zero-order valence-corrected chi connectivity index (χ0v) is 16.0. The lowest BCUT2D eigenvalue weighted by Crippen LogP contribution is -2.32. The number of aromatic nitrogens is 1. The Morgan fingerprint density at radius 2 is 1.79 bits per heavy atom. The molecule has 0 bridgehead atoms. The Morgan fingerprint density at radius 1 is 1.00 bits per heavy atom. The first-order valence-electron chi connectivity index (χ1n) is 9.74. The number of carbonyl (C=O) groups excluding carboxylic acids is 2. The molecule has 0 radical (unpaired) electrons. The van der Waals surface area contributed by atoms with Crippen LogP contribution in [-0.4, -0.2) is 36.6 Å². The quantitative estimate of drug-likeness (QED) is 0.496. The number of nitrogens with zero attached hydrogens (tertiary/aromatic N) is 1. The van der Waals surface area contributed by atoms with Gasteiger partial charge in [-0.25, -0.2) is 4.79 Å². The molecular weight excluding hydrogens is 368 g/mol. The molecule has 148 valence electrons. The Morgan fingerprint density at radius 3 is 2.66 bits per heavy atom. The van der Waals surface area contributed by atoms with Gasteiger partial charge in [-0.15, -0.1) is 0 Å². The first-order chi connectivity index (χ1) is 14.2. The number of pyridine rings is 1. The first kappa shape index (κ1) is 18.9. The second kappa shape index (κ2) is 8.73. The summed E-state index contributed by atoms with van der Waals surface area (Å²) in [5.41, 5.74) is 3.23. The van der Waals surface area contributed by atoms with E-state index in [4.69, 9.17) is 9.47 Å². The van der Waals surface area contributed by atoms with E-state index in [0.717, 1.165) is 47.2 Å². The van der Waals surface area contributed by atoms with Crippen molar-refractivity contribution in [1.82, 2.24) is 10.3 Å². The molecule has 1 amide bonds. The number of aryl methyl sites for hydroxylation is 1. The van der Waals surface area contributed by atoms with Crippen molar-refractivity contribution in [2.45, 2.75) is 19.3 Å². The highest BCUT2D eigenvalue weighted by Gasteiger charge is 2.25. The number of para-hydroxylation sites is 2. The van der Waals surface area contributed by atoms with Gasteiger partial charge in [0.1, 0.15) is 12.4 Å². The predicted molar refractivity (Wildman–Crippen MR) is 109 cm³/mol. The van der Waals surface area contributed by atoms with Gasteiger partial charge in [-0.3, -0.25) is 9.78 Å². The molecule has 1 heterocycles. The summed E-state index contributed by atoms with van der Waals surface area (Å²) < 4.78 is 10.8. The highest BCUT2D eigenvalue weighted by atomic mass is 16.5. The number of ether oxygens (including phenoxy) is 2. The van der Waals surface area contributed by atoms with Crippen LogP contribution in [-0.2, 0) is 22.4 Å². The lowest BCUT2D eigenvalue weighted by Gasteiger charge is -2.12. The van der Waals surface area contributed by atoms with E-state index in [1.807, 2.05) is 54.6 Å². The molecule has 6 heteroatoms. The van der Waals surface area contributed by atoms with E-state index >= 15 is 0 Å². The third kappa shape index (κ3) is 4.37. The molecule has 1 aliphatic rings. The van der Waals surface area contributed by atoms with Crippen LogP contribution >= 0.6 is 0 Å². The van der Waals surface area contributed by atoms with Crippen molar-refractivity contribution in [2.24, 2.45) is 0 Å². The molecule has 0 saturated heterocycles. The van der Waals surface area contributed by atoms with Crippen LogP contribution in [0.3, 0.4) is 0 Å². The van der Waals surface area contributed by atoms with Gasteiger partial charge in [-0.2, -0.15) is 0 Å². The SMILES string of the molecule is O=C(COC(=O)c1c2c(nc3ccccc13)CCC2)NCCOc1ccccc1. The minimum atomic E-state index is -0.475. The zero-order chi connectivity index (χ0) is 20.1. The largest absolute Gasteiger partial charge is 0.492 e. The maximum Gasteiger partial charge on any atom is 0.339 e. The summed E-state index contributed by atoms with van der Waals surface area (Å²) in [4.78, 5) is 29.5. The van der Waals surface area contributed by atoms with Crippen LogP contribution in [0.15, 0.2) is 54.6 Å². The monoisotopic (exact) mass is 390 g/mol. The third-order valence-corrected chi connectivity index (χ3v) is 4.89. The molecule has 2 aromatic carbocycles. The molecule has 4 rings (SSSR count). The Kier molecular flexibility index (Phi) is 5.70. The summed E-state index contributed by atoms with van der Waals surface area (Å²) in [5.74, 6) is -0.0888. The number of rotatable bonds is 7. The Bertz CT molecular complexity index is 1030. The van der Waals surface area contributed by atoms with Crippen molar-refractivity contribution >= 4 is 22.8 Å². The summed E-state index contributed by atoms with van der Waals surface area (Å²) >= 11 is 0. The number of benzene rings is 2. The van der Waals surface area contributed by atoms with Crippen molar-refractivity contribution in [3.63, 3.8) is 0 Å². The molecule has 0 spiro atoms. The lowest BCUT2D eigenvalue weighted by molar-refractivity contribution is -0.124. The molecule has 29 heavy (non-hydrogen) atoms. The minimum Gasteiger partial charge on any atom is -0.492 e. The molecule has 0 unspecified atom stereocenters. The average molecular weight is 390 g/mol. The van der Waals surface area contributed by atoms with E-state index in [-0.39, 0.29) is 12.5 Å². The molecule has 3 aromatic rings. The van der Waals surface area contributed by atoms with Crippen molar-refractivity contribution in [2.75, 3.05) is 19.8 Å². The molecule has 0 saturated carbocycles. The first-order valence-corrected chi connectivity index (χ1v) is 9.74. The standard InChI is InChI=1S/C23H22N2O4/c26-21(24-13-14-28-16-7-2-1-3-8-16)15-29-23(27)22-17-9-4-5-11-19(17)25-20-12-6-10-18(20)22/h1-5,7-9,11H,6,10,12-15H2,(H,24,26). The van der Waals surface area contributed by atoms with Gasteiger partial charge in [0.2, 0.25) is 0 Å². The van der Waals surface area contributed by atoms with Crippen LogP contribution in [0.4, 0.5) is 0 Å². The summed E-state index contributed by atoms with van der Waals surface area (Å²) in [6, 6.07) is 16.9. The zero-order valence-electron chi connectivity index (χ0n) is 16.0. The number of fused-ring (bicyclic) bond motifs is 2. The van der Waals surface area contributed by atoms with Gasteiger partial charge in [0, 0.05) is 11.1 Å². The topological polar surface area (TPSA) is 77.5 Å². The third-order valence-electron chi connectivity index (χ3n) is 4.89. The number of esters is 1. The molecule has 0 aliphatic heterocycles. The second-order valence-corrected chi connectivity index (χ2v) is 6.87. The van der Waals surface area contributed by atoms with Gasteiger partial charge >= 0.3 is 5.97 Å². The highest BCUT2D eigenvalue weighted by molar-refractivity contribution is 6.05. The van der Waals surface area contributed by atoms with Crippen LogP contribution in [0.5, 0.6) is 5.75 Å². The number of carbonyl (C=O) groups is 2. The van der Waals surface area contributed by atoms with E-state index < -0.39 is 5.97 Å². The van der Waals surface area contributed by atoms with Crippen molar-refractivity contribution in [3.05, 3.63) is 71.4 Å². The van der Waals surface area contributed by atoms with E-state index in [2.05, 4.69) is 10.3 Å². The number of amides is 1. The van der Waals surface area contributed by atoms with E-state index in [1.165, 1.54) is 0 Å². The fraction of sp³-hybridized carbons (Fsp3) is 0.261. The molecule has 0 fully saturated rings. The van der Waals surface area contributed by atoms with Crippen molar-refractivity contribution in [3.8, 4) is 5.75 Å². The van der Waals surface area contributed by atoms with Gasteiger partial charge in [0.25, 0.3) is 5.91 Å². The summed E-state index contributed by atoms with van der Waals surface area (Å²) in [6.07, 6.45) is 2.64. The van der Waals surface area contributed by atoms with Gasteiger partial charge in [0.15, 0.2) is 6.61 Å². The van der Waals surface area contributed by atoms with Gasteiger partial charge in [0.05, 0.1) is 17.6 Å². The highest BCUT2D eigenvalue weighted by Crippen LogP contribution is 2.30. The fourth-order valence-electron chi connectivity index (χ4n) is 3.57. The summed E-state index contributed by atoms with van der Waals surface area (Å²) in [7, 11) is 0. The van der Waals surface area contributed by atoms with Crippen LogP contribution in [0.2, 0.25) is 0 Å². The smallest absolute Gasteiger partial charge is 0.339 e. The second-order valence-electron chi connectivity index (χ2n) is 6.87. The van der Waals surface area contributed by atoms with E-state index in [0.29, 0.717) is 18.7 Å². The van der Waals surface area contributed by atoms with E-state index in [9.17, 15) is 9.59 Å². The maximum absolute atomic E-state index is 12.8. The Balaban J connectivity index is 1.34. The van der Waals surface area contributed by atoms with E-state index in [1.54, 1.807) is 0 Å².